The SMILES string of the molecule is CCONC(=O)c1cc([N+](=O)[O-])ccc1C(=O)c1ccccc1. The predicted octanol–water partition coefficient (Wildman–Crippen LogP) is 2.51. The highest BCUT2D eigenvalue weighted by molar-refractivity contribution is 6.15. The summed E-state index contributed by atoms with van der Waals surface area (Å²) in [5.41, 5.74) is 2.21. The summed E-state index contributed by atoms with van der Waals surface area (Å²) >= 11 is 0. The smallest absolute Gasteiger partial charge is 0.275 e. The number of nitrogens with one attached hydrogen (secondary N) is 1. The van der Waals surface area contributed by atoms with Gasteiger partial charge in [0.1, 0.15) is 0 Å². The Bertz CT molecular complexity index is 743. The van der Waals surface area contributed by atoms with Crippen molar-refractivity contribution in [3.63, 3.8) is 0 Å². The van der Waals surface area contributed by atoms with Gasteiger partial charge in [0.05, 0.1) is 17.1 Å². The van der Waals surface area contributed by atoms with Gasteiger partial charge in [-0.1, -0.05) is 30.3 Å². The topological polar surface area (TPSA) is 98.5 Å². The Morgan fingerprint density at radius 2 is 1.83 bits per heavy atom. The van der Waals surface area contributed by atoms with Crippen LogP contribution in [0.3, 0.4) is 0 Å². The Morgan fingerprint density at radius 3 is 2.43 bits per heavy atom. The molecule has 0 aromatic heterocycles. The van der Waals surface area contributed by atoms with Gasteiger partial charge in [0.25, 0.3) is 11.6 Å². The number of carbonyl (C=O) groups is 2. The molecule has 2 aromatic rings. The maximum absolute atomic E-state index is 12.5. The van der Waals surface area contributed by atoms with Crippen molar-refractivity contribution in [3.8, 4) is 0 Å². The number of carbonyl (C=O) groups excluding carboxylic acids is 2. The van der Waals surface area contributed by atoms with Crippen LogP contribution in [0.1, 0.15) is 33.2 Å². The van der Waals surface area contributed by atoms with E-state index in [-0.39, 0.29) is 23.4 Å². The Labute approximate surface area is 132 Å². The molecule has 23 heavy (non-hydrogen) atoms. The lowest BCUT2D eigenvalue weighted by atomic mass is 9.97. The van der Waals surface area contributed by atoms with Crippen LogP contribution in [0.5, 0.6) is 0 Å². The third-order valence-electron chi connectivity index (χ3n) is 3.05. The number of benzene rings is 2. The molecule has 0 aliphatic carbocycles. The number of rotatable bonds is 6. The molecule has 0 saturated carbocycles. The number of nitrogens with zero attached hydrogens (tertiary/aromatic N) is 1. The molecule has 7 nitrogen and oxygen atoms in total. The maximum atomic E-state index is 12.5. The van der Waals surface area contributed by atoms with E-state index in [9.17, 15) is 19.7 Å². The maximum Gasteiger partial charge on any atom is 0.275 e. The van der Waals surface area contributed by atoms with Crippen LogP contribution in [0.25, 0.3) is 0 Å². The highest BCUT2D eigenvalue weighted by Gasteiger charge is 2.22. The predicted molar refractivity (Wildman–Crippen MR) is 82.1 cm³/mol. The third kappa shape index (κ3) is 3.78. The first-order valence-corrected chi connectivity index (χ1v) is 6.85. The Balaban J connectivity index is 2.47. The molecule has 7 heteroatoms. The molecule has 2 aromatic carbocycles. The van der Waals surface area contributed by atoms with E-state index in [4.69, 9.17) is 4.84 Å². The molecule has 0 saturated heterocycles. The average molecular weight is 314 g/mol. The van der Waals surface area contributed by atoms with Crippen LogP contribution in [-0.4, -0.2) is 23.2 Å². The number of hydrogen-bond acceptors (Lipinski definition) is 5. The van der Waals surface area contributed by atoms with E-state index in [1.165, 1.54) is 12.1 Å². The summed E-state index contributed by atoms with van der Waals surface area (Å²) in [6.07, 6.45) is 0. The van der Waals surface area contributed by atoms with E-state index in [0.29, 0.717) is 5.56 Å². The summed E-state index contributed by atoms with van der Waals surface area (Å²) in [6, 6.07) is 11.9. The van der Waals surface area contributed by atoms with E-state index in [2.05, 4.69) is 5.48 Å². The molecule has 0 heterocycles. The summed E-state index contributed by atoms with van der Waals surface area (Å²) in [5.74, 6) is -1.11. The van der Waals surface area contributed by atoms with Crippen LogP contribution in [0.2, 0.25) is 0 Å². The van der Waals surface area contributed by atoms with Crippen molar-refractivity contribution >= 4 is 17.4 Å². The van der Waals surface area contributed by atoms with Crippen molar-refractivity contribution in [2.24, 2.45) is 0 Å². The number of nitro groups is 1. The minimum absolute atomic E-state index is 0.0685. The molecule has 0 radical (unpaired) electrons. The average Bonchev–Trinajstić information content (AvgIpc) is 2.59. The van der Waals surface area contributed by atoms with Gasteiger partial charge in [0.2, 0.25) is 0 Å². The lowest BCUT2D eigenvalue weighted by molar-refractivity contribution is -0.384. The molecular weight excluding hydrogens is 300 g/mol. The molecule has 0 unspecified atom stereocenters. The highest BCUT2D eigenvalue weighted by Crippen LogP contribution is 2.21. The van der Waals surface area contributed by atoms with Crippen molar-refractivity contribution in [1.29, 1.82) is 0 Å². The fourth-order valence-electron chi connectivity index (χ4n) is 1.97. The summed E-state index contributed by atoms with van der Waals surface area (Å²) in [6.45, 7) is 1.90. The molecule has 2 rings (SSSR count). The first kappa shape index (κ1) is 16.3. The fourth-order valence-corrected chi connectivity index (χ4v) is 1.97. The molecule has 0 atom stereocenters. The summed E-state index contributed by atoms with van der Waals surface area (Å²) in [4.78, 5) is 39.7. The molecule has 0 aliphatic heterocycles. The van der Waals surface area contributed by atoms with Gasteiger partial charge in [0.15, 0.2) is 5.78 Å². The van der Waals surface area contributed by atoms with E-state index in [1.807, 2.05) is 0 Å². The molecular formula is C16H14N2O5. The molecule has 118 valence electrons. The standard InChI is InChI=1S/C16H14N2O5/c1-2-23-17-16(20)14-10-12(18(21)22)8-9-13(14)15(19)11-6-4-3-5-7-11/h3-10H,2H2,1H3,(H,17,20). The first-order chi connectivity index (χ1) is 11.0. The minimum Gasteiger partial charge on any atom is -0.289 e. The van der Waals surface area contributed by atoms with Gasteiger partial charge in [-0.25, -0.2) is 5.48 Å². The zero-order valence-corrected chi connectivity index (χ0v) is 12.3. The number of non-ortho nitro benzene ring substituents is 1. The monoisotopic (exact) mass is 314 g/mol. The van der Waals surface area contributed by atoms with Gasteiger partial charge >= 0.3 is 0 Å². The Morgan fingerprint density at radius 1 is 1.13 bits per heavy atom. The zero-order valence-electron chi connectivity index (χ0n) is 12.3. The number of hydroxylamine groups is 1. The molecule has 1 N–H and O–H groups in total. The number of nitro benzene ring substituents is 1. The van der Waals surface area contributed by atoms with Gasteiger partial charge in [-0.2, -0.15) is 0 Å². The van der Waals surface area contributed by atoms with Crippen LogP contribution in [0, 0.1) is 10.1 Å². The van der Waals surface area contributed by atoms with Crippen LogP contribution in [0.4, 0.5) is 5.69 Å². The normalized spacial score (nSPS) is 10.1. The number of hydrogen-bond donors (Lipinski definition) is 1. The van der Waals surface area contributed by atoms with Crippen molar-refractivity contribution in [2.75, 3.05) is 6.61 Å². The number of ketones is 1. The molecule has 0 bridgehead atoms. The Kier molecular flexibility index (Phi) is 5.16. The second-order valence-corrected chi connectivity index (χ2v) is 4.55. The van der Waals surface area contributed by atoms with Crippen molar-refractivity contribution in [2.45, 2.75) is 6.92 Å². The van der Waals surface area contributed by atoms with Gasteiger partial charge in [-0.15, -0.1) is 0 Å². The highest BCUT2D eigenvalue weighted by atomic mass is 16.6. The van der Waals surface area contributed by atoms with Crippen molar-refractivity contribution < 1.29 is 19.3 Å². The van der Waals surface area contributed by atoms with E-state index >= 15 is 0 Å². The number of amides is 1. The lowest BCUT2D eigenvalue weighted by Gasteiger charge is -2.09. The van der Waals surface area contributed by atoms with Gasteiger partial charge < -0.3 is 0 Å². The van der Waals surface area contributed by atoms with Crippen LogP contribution in [-0.2, 0) is 4.84 Å². The third-order valence-corrected chi connectivity index (χ3v) is 3.05. The van der Waals surface area contributed by atoms with Gasteiger partial charge in [-0.05, 0) is 13.0 Å². The van der Waals surface area contributed by atoms with Gasteiger partial charge in [0, 0.05) is 23.3 Å². The molecule has 1 amide bonds. The van der Waals surface area contributed by atoms with E-state index < -0.39 is 16.6 Å². The first-order valence-electron chi connectivity index (χ1n) is 6.85. The summed E-state index contributed by atoms with van der Waals surface area (Å²) < 4.78 is 0. The van der Waals surface area contributed by atoms with Crippen LogP contribution in [0.15, 0.2) is 48.5 Å². The van der Waals surface area contributed by atoms with Crippen molar-refractivity contribution in [3.05, 3.63) is 75.3 Å². The largest absolute Gasteiger partial charge is 0.289 e. The van der Waals surface area contributed by atoms with Gasteiger partial charge in [-0.3, -0.25) is 24.5 Å². The Hall–Kier alpha value is -3.06. The van der Waals surface area contributed by atoms with Crippen LogP contribution >= 0.6 is 0 Å². The van der Waals surface area contributed by atoms with Crippen LogP contribution < -0.4 is 5.48 Å². The molecule has 0 aliphatic rings. The second kappa shape index (κ2) is 7.28. The van der Waals surface area contributed by atoms with Crippen molar-refractivity contribution in [1.82, 2.24) is 5.48 Å². The molecule has 0 fully saturated rings. The minimum atomic E-state index is -0.713. The summed E-state index contributed by atoms with van der Waals surface area (Å²) in [7, 11) is 0. The fraction of sp³-hybridized carbons (Fsp3) is 0.125. The molecule has 0 spiro atoms. The summed E-state index contributed by atoms with van der Waals surface area (Å²) in [5, 5.41) is 10.9. The van der Waals surface area contributed by atoms with E-state index in [0.717, 1.165) is 6.07 Å². The van der Waals surface area contributed by atoms with E-state index in [1.54, 1.807) is 37.3 Å². The lowest BCUT2D eigenvalue weighted by Crippen LogP contribution is -2.26. The second-order valence-electron chi connectivity index (χ2n) is 4.55. The quantitative estimate of drug-likeness (QED) is 0.502. The zero-order chi connectivity index (χ0) is 16.8.